The molecule has 0 aliphatic carbocycles. The molecule has 164 valence electrons. The molecule has 2 aromatic rings. The Morgan fingerprint density at radius 2 is 1.90 bits per heavy atom. The average Bonchev–Trinajstić information content (AvgIpc) is 2.69. The molecule has 30 heavy (non-hydrogen) atoms. The number of nitrogens with one attached hydrogen (secondary N) is 1. The summed E-state index contributed by atoms with van der Waals surface area (Å²) >= 11 is 1.69. The van der Waals surface area contributed by atoms with Gasteiger partial charge in [0.2, 0.25) is 15.9 Å². The molecule has 0 aromatic heterocycles. The number of amides is 1. The lowest BCUT2D eigenvalue weighted by atomic mass is 10.2. The number of benzene rings is 2. The van der Waals surface area contributed by atoms with Crippen molar-refractivity contribution in [2.75, 3.05) is 36.5 Å². The van der Waals surface area contributed by atoms with Crippen LogP contribution in [0.25, 0.3) is 0 Å². The summed E-state index contributed by atoms with van der Waals surface area (Å²) in [6.45, 7) is 1.96. The number of halogens is 1. The second-order valence-electron chi connectivity index (χ2n) is 6.83. The maximum atomic E-state index is 12.9. The van der Waals surface area contributed by atoms with Gasteiger partial charge >= 0.3 is 0 Å². The van der Waals surface area contributed by atoms with Gasteiger partial charge in [0, 0.05) is 12.3 Å². The molecule has 1 amide bonds. The molecule has 2 rings (SSSR count). The van der Waals surface area contributed by atoms with E-state index in [1.807, 2.05) is 13.0 Å². The molecule has 0 radical (unpaired) electrons. The lowest BCUT2D eigenvalue weighted by Crippen LogP contribution is -2.40. The van der Waals surface area contributed by atoms with Crippen molar-refractivity contribution < 1.29 is 22.3 Å². The van der Waals surface area contributed by atoms with E-state index in [2.05, 4.69) is 5.32 Å². The highest BCUT2D eigenvalue weighted by Gasteiger charge is 2.24. The summed E-state index contributed by atoms with van der Waals surface area (Å²) in [6.07, 6.45) is 1.80. The summed E-state index contributed by atoms with van der Waals surface area (Å²) in [5.74, 6) is 1.34. The Morgan fingerprint density at radius 3 is 2.53 bits per heavy atom. The second-order valence-corrected chi connectivity index (χ2v) is 9.84. The summed E-state index contributed by atoms with van der Waals surface area (Å²) in [7, 11) is -2.22. The number of thioether (sulfide) groups is 1. The van der Waals surface area contributed by atoms with E-state index in [0.29, 0.717) is 18.0 Å². The third kappa shape index (κ3) is 7.53. The van der Waals surface area contributed by atoms with E-state index < -0.39 is 10.0 Å². The molecule has 6 nitrogen and oxygen atoms in total. The van der Waals surface area contributed by atoms with Gasteiger partial charge in [0.15, 0.2) is 0 Å². The number of methoxy groups -OCH3 is 1. The number of aryl methyl sites for hydroxylation is 1. The maximum Gasteiger partial charge on any atom is 0.240 e. The van der Waals surface area contributed by atoms with Crippen LogP contribution in [0.4, 0.5) is 10.1 Å². The zero-order valence-electron chi connectivity index (χ0n) is 17.4. The van der Waals surface area contributed by atoms with Crippen molar-refractivity contribution in [3.05, 3.63) is 59.4 Å². The van der Waals surface area contributed by atoms with Crippen molar-refractivity contribution in [2.24, 2.45) is 0 Å². The monoisotopic (exact) mass is 454 g/mol. The van der Waals surface area contributed by atoms with Crippen LogP contribution in [0.2, 0.25) is 0 Å². The molecule has 0 aliphatic heterocycles. The van der Waals surface area contributed by atoms with Crippen LogP contribution in [0.15, 0.2) is 42.5 Å². The smallest absolute Gasteiger partial charge is 0.240 e. The van der Waals surface area contributed by atoms with E-state index in [-0.39, 0.29) is 18.3 Å². The molecule has 9 heteroatoms. The van der Waals surface area contributed by atoms with E-state index in [0.717, 1.165) is 39.6 Å². The first-order valence-corrected chi connectivity index (χ1v) is 12.4. The van der Waals surface area contributed by atoms with Gasteiger partial charge in [-0.3, -0.25) is 9.10 Å². The number of hydrogen-bond donors (Lipinski definition) is 1. The van der Waals surface area contributed by atoms with Crippen LogP contribution in [0.3, 0.4) is 0 Å². The van der Waals surface area contributed by atoms with Crippen molar-refractivity contribution in [1.82, 2.24) is 5.32 Å². The maximum absolute atomic E-state index is 12.9. The predicted octanol–water partition coefficient (Wildman–Crippen LogP) is 3.35. The first-order chi connectivity index (χ1) is 14.2. The lowest BCUT2D eigenvalue weighted by molar-refractivity contribution is -0.119. The van der Waals surface area contributed by atoms with Crippen molar-refractivity contribution >= 4 is 33.4 Å². The lowest BCUT2D eigenvalue weighted by Gasteiger charge is -2.24. The highest BCUT2D eigenvalue weighted by molar-refractivity contribution is 7.98. The van der Waals surface area contributed by atoms with Crippen LogP contribution < -0.4 is 14.4 Å². The number of sulfonamides is 1. The Morgan fingerprint density at radius 1 is 1.20 bits per heavy atom. The highest BCUT2D eigenvalue weighted by Crippen LogP contribution is 2.30. The molecule has 0 aliphatic rings. The molecule has 0 unspecified atom stereocenters. The van der Waals surface area contributed by atoms with E-state index in [1.54, 1.807) is 36.0 Å². The summed E-state index contributed by atoms with van der Waals surface area (Å²) in [6, 6.07) is 11.6. The molecule has 0 fully saturated rings. The molecule has 1 N–H and O–H groups in total. The van der Waals surface area contributed by atoms with E-state index in [4.69, 9.17) is 4.74 Å². The minimum atomic E-state index is -3.67. The standard InChI is InChI=1S/C21H27FN2O4S2/c1-16-5-10-20(28-2)19(13-16)24(30(3,26)27)14-21(25)23-11-4-12-29-15-17-6-8-18(22)9-7-17/h5-10,13H,4,11-12,14-15H2,1-3H3,(H,23,25). The van der Waals surface area contributed by atoms with E-state index >= 15 is 0 Å². The molecule has 0 heterocycles. The fourth-order valence-corrected chi connectivity index (χ4v) is 4.51. The van der Waals surface area contributed by atoms with Crippen LogP contribution >= 0.6 is 11.8 Å². The summed E-state index contributed by atoms with van der Waals surface area (Å²) in [5, 5.41) is 2.76. The minimum absolute atomic E-state index is 0.252. The second kappa shape index (κ2) is 11.2. The number of carbonyl (C=O) groups is 1. The normalized spacial score (nSPS) is 11.2. The van der Waals surface area contributed by atoms with E-state index in [1.165, 1.54) is 19.2 Å². The molecular formula is C21H27FN2O4S2. The van der Waals surface area contributed by atoms with Crippen LogP contribution in [0, 0.1) is 12.7 Å². The Hall–Kier alpha value is -2.26. The molecule has 0 atom stereocenters. The number of nitrogens with zero attached hydrogens (tertiary/aromatic N) is 1. The van der Waals surface area contributed by atoms with Gasteiger partial charge in [-0.1, -0.05) is 18.2 Å². The fraction of sp³-hybridized carbons (Fsp3) is 0.381. The summed E-state index contributed by atoms with van der Waals surface area (Å²) in [4.78, 5) is 12.3. The van der Waals surface area contributed by atoms with E-state index in [9.17, 15) is 17.6 Å². The number of rotatable bonds is 11. The Bertz CT molecular complexity index is 950. The Balaban J connectivity index is 1.84. The molecule has 0 saturated carbocycles. The van der Waals surface area contributed by atoms with Gasteiger partial charge in [-0.05, 0) is 54.5 Å². The zero-order valence-corrected chi connectivity index (χ0v) is 19.0. The van der Waals surface area contributed by atoms with Crippen molar-refractivity contribution in [3.63, 3.8) is 0 Å². The zero-order chi connectivity index (χ0) is 22.1. The van der Waals surface area contributed by atoms with Gasteiger partial charge in [-0.2, -0.15) is 11.8 Å². The molecule has 0 spiro atoms. The largest absolute Gasteiger partial charge is 0.495 e. The van der Waals surface area contributed by atoms with Gasteiger partial charge < -0.3 is 10.1 Å². The van der Waals surface area contributed by atoms with Crippen LogP contribution in [-0.2, 0) is 20.6 Å². The number of anilines is 1. The predicted molar refractivity (Wildman–Crippen MR) is 120 cm³/mol. The Kier molecular flexibility index (Phi) is 8.98. The average molecular weight is 455 g/mol. The molecule has 0 saturated heterocycles. The van der Waals surface area contributed by atoms with Gasteiger partial charge in [0.1, 0.15) is 18.1 Å². The quantitative estimate of drug-likeness (QED) is 0.527. The van der Waals surface area contributed by atoms with Crippen LogP contribution in [0.5, 0.6) is 5.75 Å². The van der Waals surface area contributed by atoms with Crippen molar-refractivity contribution in [3.8, 4) is 5.75 Å². The molecule has 2 aromatic carbocycles. The highest BCUT2D eigenvalue weighted by atomic mass is 32.2. The fourth-order valence-electron chi connectivity index (χ4n) is 2.74. The van der Waals surface area contributed by atoms with Crippen LogP contribution in [0.1, 0.15) is 17.5 Å². The first-order valence-electron chi connectivity index (χ1n) is 9.42. The van der Waals surface area contributed by atoms with Crippen molar-refractivity contribution in [2.45, 2.75) is 19.1 Å². The van der Waals surface area contributed by atoms with Gasteiger partial charge in [0.25, 0.3) is 0 Å². The van der Waals surface area contributed by atoms with Crippen LogP contribution in [-0.4, -0.2) is 46.5 Å². The molecule has 0 bridgehead atoms. The minimum Gasteiger partial charge on any atom is -0.495 e. The topological polar surface area (TPSA) is 75.7 Å². The number of ether oxygens (including phenoxy) is 1. The van der Waals surface area contributed by atoms with Gasteiger partial charge in [0.05, 0.1) is 19.1 Å². The van der Waals surface area contributed by atoms with Gasteiger partial charge in [-0.15, -0.1) is 0 Å². The first kappa shape index (κ1) is 24.0. The van der Waals surface area contributed by atoms with Crippen molar-refractivity contribution in [1.29, 1.82) is 0 Å². The number of carbonyl (C=O) groups excluding carboxylic acids is 1. The SMILES string of the molecule is COc1ccc(C)cc1N(CC(=O)NCCCSCc1ccc(F)cc1)S(C)(=O)=O. The Labute approximate surface area is 181 Å². The van der Waals surface area contributed by atoms with Gasteiger partial charge in [-0.25, -0.2) is 12.8 Å². The molecular weight excluding hydrogens is 427 g/mol. The summed E-state index contributed by atoms with van der Waals surface area (Å²) in [5.41, 5.74) is 2.24. The summed E-state index contributed by atoms with van der Waals surface area (Å²) < 4.78 is 43.8. The third-order valence-corrected chi connectivity index (χ3v) is 6.50. The third-order valence-electron chi connectivity index (χ3n) is 4.26. The number of hydrogen-bond acceptors (Lipinski definition) is 5.